The van der Waals surface area contributed by atoms with Crippen LogP contribution in [0.15, 0.2) is 10.7 Å². The van der Waals surface area contributed by atoms with Crippen molar-refractivity contribution in [1.82, 2.24) is 9.78 Å². The van der Waals surface area contributed by atoms with E-state index < -0.39 is 0 Å². The zero-order chi connectivity index (χ0) is 9.30. The predicted molar refractivity (Wildman–Crippen MR) is 51.1 cm³/mol. The van der Waals surface area contributed by atoms with Crippen LogP contribution in [0.3, 0.4) is 0 Å². The van der Waals surface area contributed by atoms with E-state index in [9.17, 15) is 5.11 Å². The van der Waals surface area contributed by atoms with E-state index in [0.717, 1.165) is 10.2 Å². The number of aliphatic hydroxyl groups is 1. The summed E-state index contributed by atoms with van der Waals surface area (Å²) in [5.41, 5.74) is 0.947. The van der Waals surface area contributed by atoms with E-state index in [1.807, 2.05) is 20.0 Å². The first kappa shape index (κ1) is 9.74. The van der Waals surface area contributed by atoms with Gasteiger partial charge in [-0.1, -0.05) is 0 Å². The highest BCUT2D eigenvalue weighted by molar-refractivity contribution is 9.10. The van der Waals surface area contributed by atoms with E-state index in [4.69, 9.17) is 0 Å². The molecule has 4 heteroatoms. The van der Waals surface area contributed by atoms with Crippen LogP contribution in [0.4, 0.5) is 0 Å². The number of aliphatic hydroxyl groups excluding tert-OH is 1. The van der Waals surface area contributed by atoms with Crippen molar-refractivity contribution in [2.24, 2.45) is 0 Å². The predicted octanol–water partition coefficient (Wildman–Crippen LogP) is 1.90. The van der Waals surface area contributed by atoms with Crippen LogP contribution in [0.25, 0.3) is 0 Å². The molecule has 2 atom stereocenters. The molecular weight excluding hydrogens is 220 g/mol. The van der Waals surface area contributed by atoms with Crippen LogP contribution in [-0.2, 0) is 0 Å². The third-order valence-electron chi connectivity index (χ3n) is 1.97. The molecule has 0 aliphatic heterocycles. The largest absolute Gasteiger partial charge is 0.391 e. The lowest BCUT2D eigenvalue weighted by Crippen LogP contribution is -2.18. The number of aryl methyl sites for hydroxylation is 1. The fourth-order valence-electron chi connectivity index (χ4n) is 0.889. The summed E-state index contributed by atoms with van der Waals surface area (Å²) in [5.74, 6) is 0. The summed E-state index contributed by atoms with van der Waals surface area (Å²) in [4.78, 5) is 0. The SMILES string of the molecule is Cc1nn(C(C)C(C)O)cc1Br. The van der Waals surface area contributed by atoms with Crippen LogP contribution in [0.1, 0.15) is 25.6 Å². The van der Waals surface area contributed by atoms with Crippen molar-refractivity contribution in [3.05, 3.63) is 16.4 Å². The molecule has 0 saturated carbocycles. The molecule has 0 aromatic carbocycles. The molecule has 1 heterocycles. The van der Waals surface area contributed by atoms with E-state index >= 15 is 0 Å². The summed E-state index contributed by atoms with van der Waals surface area (Å²) in [6.45, 7) is 5.62. The van der Waals surface area contributed by atoms with Crippen LogP contribution in [0.2, 0.25) is 0 Å². The number of rotatable bonds is 2. The van der Waals surface area contributed by atoms with E-state index in [-0.39, 0.29) is 12.1 Å². The van der Waals surface area contributed by atoms with E-state index in [1.165, 1.54) is 0 Å². The van der Waals surface area contributed by atoms with Gasteiger partial charge in [-0.15, -0.1) is 0 Å². The summed E-state index contributed by atoms with van der Waals surface area (Å²) in [6.07, 6.45) is 1.50. The molecule has 1 aromatic heterocycles. The Morgan fingerprint density at radius 3 is 2.50 bits per heavy atom. The van der Waals surface area contributed by atoms with Gasteiger partial charge in [0.25, 0.3) is 0 Å². The van der Waals surface area contributed by atoms with Crippen molar-refractivity contribution < 1.29 is 5.11 Å². The van der Waals surface area contributed by atoms with E-state index in [2.05, 4.69) is 21.0 Å². The van der Waals surface area contributed by atoms with Gasteiger partial charge in [0, 0.05) is 6.20 Å². The number of hydrogen-bond donors (Lipinski definition) is 1. The van der Waals surface area contributed by atoms with Gasteiger partial charge in [-0.2, -0.15) is 5.10 Å². The maximum atomic E-state index is 9.30. The molecule has 0 fully saturated rings. The van der Waals surface area contributed by atoms with E-state index in [1.54, 1.807) is 11.6 Å². The van der Waals surface area contributed by atoms with Crippen LogP contribution in [0.5, 0.6) is 0 Å². The highest BCUT2D eigenvalue weighted by atomic mass is 79.9. The summed E-state index contributed by atoms with van der Waals surface area (Å²) in [7, 11) is 0. The average molecular weight is 233 g/mol. The van der Waals surface area contributed by atoms with Crippen molar-refractivity contribution in [1.29, 1.82) is 0 Å². The van der Waals surface area contributed by atoms with Crippen LogP contribution in [0, 0.1) is 6.92 Å². The molecule has 0 bridgehead atoms. The van der Waals surface area contributed by atoms with Gasteiger partial charge in [-0.05, 0) is 36.7 Å². The van der Waals surface area contributed by atoms with E-state index in [0.29, 0.717) is 0 Å². The quantitative estimate of drug-likeness (QED) is 0.847. The minimum absolute atomic E-state index is 0.0231. The lowest BCUT2D eigenvalue weighted by atomic mass is 10.2. The van der Waals surface area contributed by atoms with Gasteiger partial charge in [0.05, 0.1) is 22.3 Å². The molecule has 0 aliphatic rings. The monoisotopic (exact) mass is 232 g/mol. The first-order valence-corrected chi connectivity index (χ1v) is 4.71. The number of hydrogen-bond acceptors (Lipinski definition) is 2. The molecule has 3 nitrogen and oxygen atoms in total. The molecule has 2 unspecified atom stereocenters. The summed E-state index contributed by atoms with van der Waals surface area (Å²) in [5, 5.41) is 13.5. The average Bonchev–Trinajstić information content (AvgIpc) is 2.30. The number of halogens is 1. The number of aromatic nitrogens is 2. The normalized spacial score (nSPS) is 16.1. The maximum absolute atomic E-state index is 9.30. The van der Waals surface area contributed by atoms with Gasteiger partial charge in [0.15, 0.2) is 0 Å². The molecule has 0 amide bonds. The standard InChI is InChI=1S/C8H13BrN2O/c1-5-8(9)4-11(10-5)6(2)7(3)12/h4,6-7,12H,1-3H3. The Labute approximate surface area is 80.5 Å². The topological polar surface area (TPSA) is 38.0 Å². The van der Waals surface area contributed by atoms with Crippen LogP contribution in [-0.4, -0.2) is 21.0 Å². The van der Waals surface area contributed by atoms with Gasteiger partial charge in [0.2, 0.25) is 0 Å². The molecule has 0 radical (unpaired) electrons. The van der Waals surface area contributed by atoms with Crippen molar-refractivity contribution in [3.8, 4) is 0 Å². The second-order valence-electron chi connectivity index (χ2n) is 3.02. The van der Waals surface area contributed by atoms with Gasteiger partial charge < -0.3 is 5.11 Å². The van der Waals surface area contributed by atoms with Crippen LogP contribution >= 0.6 is 15.9 Å². The lowest BCUT2D eigenvalue weighted by molar-refractivity contribution is 0.132. The first-order valence-electron chi connectivity index (χ1n) is 3.91. The Morgan fingerprint density at radius 1 is 1.58 bits per heavy atom. The van der Waals surface area contributed by atoms with Crippen molar-refractivity contribution in [2.45, 2.75) is 32.9 Å². The molecule has 1 aromatic rings. The van der Waals surface area contributed by atoms with Crippen molar-refractivity contribution in [3.63, 3.8) is 0 Å². The minimum atomic E-state index is -0.379. The fourth-order valence-corrected chi connectivity index (χ4v) is 1.18. The van der Waals surface area contributed by atoms with Gasteiger partial charge in [-0.3, -0.25) is 4.68 Å². The Morgan fingerprint density at radius 2 is 2.17 bits per heavy atom. The first-order chi connectivity index (χ1) is 5.52. The van der Waals surface area contributed by atoms with Crippen molar-refractivity contribution >= 4 is 15.9 Å². The van der Waals surface area contributed by atoms with Crippen molar-refractivity contribution in [2.75, 3.05) is 0 Å². The molecule has 1 rings (SSSR count). The smallest absolute Gasteiger partial charge is 0.0747 e. The Kier molecular flexibility index (Phi) is 2.90. The molecule has 0 spiro atoms. The maximum Gasteiger partial charge on any atom is 0.0747 e. The summed E-state index contributed by atoms with van der Waals surface area (Å²) < 4.78 is 2.75. The second kappa shape index (κ2) is 3.58. The molecule has 0 saturated heterocycles. The molecule has 1 N–H and O–H groups in total. The highest BCUT2D eigenvalue weighted by Gasteiger charge is 2.12. The second-order valence-corrected chi connectivity index (χ2v) is 3.88. The zero-order valence-corrected chi connectivity index (χ0v) is 9.04. The van der Waals surface area contributed by atoms with Gasteiger partial charge in [-0.25, -0.2) is 0 Å². The Hall–Kier alpha value is -0.350. The molecular formula is C8H13BrN2O. The zero-order valence-electron chi connectivity index (χ0n) is 7.45. The summed E-state index contributed by atoms with van der Waals surface area (Å²) >= 11 is 3.37. The minimum Gasteiger partial charge on any atom is -0.391 e. The molecule has 0 aliphatic carbocycles. The highest BCUT2D eigenvalue weighted by Crippen LogP contribution is 2.18. The third-order valence-corrected chi connectivity index (χ3v) is 2.75. The van der Waals surface area contributed by atoms with Gasteiger partial charge in [0.1, 0.15) is 0 Å². The number of nitrogens with zero attached hydrogens (tertiary/aromatic N) is 2. The molecule has 12 heavy (non-hydrogen) atoms. The van der Waals surface area contributed by atoms with Crippen LogP contribution < -0.4 is 0 Å². The Balaban J connectivity index is 2.89. The summed E-state index contributed by atoms with van der Waals surface area (Å²) in [6, 6.07) is 0.0231. The third kappa shape index (κ3) is 1.87. The Bertz CT molecular complexity index is 251. The lowest BCUT2D eigenvalue weighted by Gasteiger charge is -2.14. The van der Waals surface area contributed by atoms with Gasteiger partial charge >= 0.3 is 0 Å². The fraction of sp³-hybridized carbons (Fsp3) is 0.625. The molecule has 68 valence electrons.